The molecule has 1 fully saturated rings. The highest BCUT2D eigenvalue weighted by molar-refractivity contribution is 6.37. The minimum absolute atomic E-state index is 0.126. The molecule has 1 unspecified atom stereocenters. The first kappa shape index (κ1) is 13.4. The largest absolute Gasteiger partial charge is 0.508 e. The minimum Gasteiger partial charge on any atom is -0.508 e. The van der Waals surface area contributed by atoms with Gasteiger partial charge in [0.2, 0.25) is 0 Å². The van der Waals surface area contributed by atoms with Gasteiger partial charge in [0.1, 0.15) is 13.6 Å². The fourth-order valence-electron chi connectivity index (χ4n) is 3.37. The van der Waals surface area contributed by atoms with E-state index in [2.05, 4.69) is 16.9 Å². The summed E-state index contributed by atoms with van der Waals surface area (Å²) in [5.41, 5.74) is 3.66. The van der Waals surface area contributed by atoms with Crippen LogP contribution in [0.25, 0.3) is 10.9 Å². The highest BCUT2D eigenvalue weighted by Gasteiger charge is 2.29. The summed E-state index contributed by atoms with van der Waals surface area (Å²) in [6, 6.07) is 0. The molecule has 104 valence electrons. The number of hydrogen-bond donors (Lipinski definition) is 3. The number of rotatable bonds is 1. The van der Waals surface area contributed by atoms with Crippen molar-refractivity contribution in [1.29, 1.82) is 0 Å². The second kappa shape index (κ2) is 4.45. The van der Waals surface area contributed by atoms with Gasteiger partial charge < -0.3 is 20.1 Å². The van der Waals surface area contributed by atoms with Crippen molar-refractivity contribution in [2.45, 2.75) is 26.2 Å². The molecule has 1 atom stereocenters. The standard InChI is InChI=1S/C15H19BN2O2/c1-7-10-11(9-4-5-18(3)6-9)15(20)17-13(10)8(2)12(16)14(7)19/h9,17,19-20H,4-6H2,1-3H3. The molecule has 0 bridgehead atoms. The monoisotopic (exact) mass is 270 g/mol. The van der Waals surface area contributed by atoms with Gasteiger partial charge in [-0.25, -0.2) is 0 Å². The van der Waals surface area contributed by atoms with Crippen molar-refractivity contribution in [3.05, 3.63) is 16.7 Å². The highest BCUT2D eigenvalue weighted by atomic mass is 16.3. The normalized spacial score (nSPS) is 20.1. The Kier molecular flexibility index (Phi) is 2.98. The summed E-state index contributed by atoms with van der Waals surface area (Å²) >= 11 is 0. The maximum atomic E-state index is 10.3. The number of likely N-dealkylation sites (N-methyl/N-ethyl adjacent to an activating group) is 1. The maximum Gasteiger partial charge on any atom is 0.193 e. The summed E-state index contributed by atoms with van der Waals surface area (Å²) in [4.78, 5) is 5.29. The van der Waals surface area contributed by atoms with E-state index in [4.69, 9.17) is 7.85 Å². The number of aromatic nitrogens is 1. The third-order valence-electron chi connectivity index (χ3n) is 4.58. The number of nitrogens with one attached hydrogen (secondary N) is 1. The summed E-state index contributed by atoms with van der Waals surface area (Å²) < 4.78 is 0. The Hall–Kier alpha value is -1.62. The topological polar surface area (TPSA) is 59.5 Å². The first-order valence-electron chi connectivity index (χ1n) is 6.92. The molecule has 20 heavy (non-hydrogen) atoms. The maximum absolute atomic E-state index is 10.3. The Morgan fingerprint density at radius 1 is 1.25 bits per heavy atom. The average molecular weight is 270 g/mol. The van der Waals surface area contributed by atoms with E-state index in [0.29, 0.717) is 5.46 Å². The van der Waals surface area contributed by atoms with E-state index in [0.717, 1.165) is 47.1 Å². The molecular weight excluding hydrogens is 251 g/mol. The quantitative estimate of drug-likeness (QED) is 0.687. The van der Waals surface area contributed by atoms with E-state index < -0.39 is 0 Å². The number of likely N-dealkylation sites (tertiary alicyclic amines) is 1. The van der Waals surface area contributed by atoms with Gasteiger partial charge in [-0.3, -0.25) is 0 Å². The molecule has 2 aromatic rings. The SMILES string of the molecule is [B]c1c(O)c(C)c2c(C3CCN(C)C3)c(O)[nH]c2c1C. The summed E-state index contributed by atoms with van der Waals surface area (Å²) in [5.74, 6) is 0.618. The van der Waals surface area contributed by atoms with E-state index in [-0.39, 0.29) is 17.5 Å². The lowest BCUT2D eigenvalue weighted by atomic mass is 9.84. The van der Waals surface area contributed by atoms with Gasteiger partial charge in [-0.15, -0.1) is 0 Å². The molecule has 4 nitrogen and oxygen atoms in total. The van der Waals surface area contributed by atoms with Crippen molar-refractivity contribution in [3.63, 3.8) is 0 Å². The number of nitrogens with zero attached hydrogens (tertiary/aromatic N) is 1. The van der Waals surface area contributed by atoms with Crippen molar-refractivity contribution >= 4 is 24.2 Å². The van der Waals surface area contributed by atoms with Gasteiger partial charge in [-0.05, 0) is 45.0 Å². The Morgan fingerprint density at radius 2 is 1.95 bits per heavy atom. The predicted octanol–water partition coefficient (Wildman–Crippen LogP) is 1.41. The predicted molar refractivity (Wildman–Crippen MR) is 81.3 cm³/mol. The number of aromatic hydroxyl groups is 2. The zero-order valence-corrected chi connectivity index (χ0v) is 12.1. The van der Waals surface area contributed by atoms with E-state index in [1.807, 2.05) is 13.8 Å². The summed E-state index contributed by atoms with van der Waals surface area (Å²) in [6.07, 6.45) is 1.01. The molecule has 0 saturated carbocycles. The lowest BCUT2D eigenvalue weighted by Crippen LogP contribution is -2.13. The van der Waals surface area contributed by atoms with Crippen LogP contribution < -0.4 is 5.46 Å². The van der Waals surface area contributed by atoms with Gasteiger partial charge >= 0.3 is 0 Å². The van der Waals surface area contributed by atoms with Gasteiger partial charge in [-0.1, -0.05) is 5.46 Å². The molecule has 3 N–H and O–H groups in total. The van der Waals surface area contributed by atoms with Gasteiger partial charge in [-0.2, -0.15) is 0 Å². The van der Waals surface area contributed by atoms with Gasteiger partial charge in [0.15, 0.2) is 5.88 Å². The second-order valence-electron chi connectivity index (χ2n) is 5.90. The Morgan fingerprint density at radius 3 is 2.55 bits per heavy atom. The highest BCUT2D eigenvalue weighted by Crippen LogP contribution is 2.41. The van der Waals surface area contributed by atoms with Crippen molar-refractivity contribution in [2.75, 3.05) is 20.1 Å². The second-order valence-corrected chi connectivity index (χ2v) is 5.90. The molecular formula is C15H19BN2O2. The van der Waals surface area contributed by atoms with Crippen LogP contribution in [0, 0.1) is 13.8 Å². The number of aryl methyl sites for hydroxylation is 2. The number of phenols is 1. The van der Waals surface area contributed by atoms with Gasteiger partial charge in [0.25, 0.3) is 0 Å². The van der Waals surface area contributed by atoms with Crippen LogP contribution in [0.2, 0.25) is 0 Å². The van der Waals surface area contributed by atoms with Crippen molar-refractivity contribution in [3.8, 4) is 11.6 Å². The van der Waals surface area contributed by atoms with Crippen LogP contribution in [0.4, 0.5) is 0 Å². The molecule has 1 aromatic heterocycles. The molecule has 2 radical (unpaired) electrons. The van der Waals surface area contributed by atoms with Crippen LogP contribution in [0.3, 0.4) is 0 Å². The van der Waals surface area contributed by atoms with E-state index in [9.17, 15) is 10.2 Å². The smallest absolute Gasteiger partial charge is 0.193 e. The van der Waals surface area contributed by atoms with E-state index >= 15 is 0 Å². The number of aromatic amines is 1. The Bertz CT molecular complexity index is 693. The van der Waals surface area contributed by atoms with Crippen LogP contribution in [0.1, 0.15) is 29.0 Å². The van der Waals surface area contributed by atoms with Crippen molar-refractivity contribution in [2.24, 2.45) is 0 Å². The third kappa shape index (κ3) is 1.73. The molecule has 0 spiro atoms. The molecule has 0 amide bonds. The third-order valence-corrected chi connectivity index (χ3v) is 4.58. The molecule has 2 heterocycles. The van der Waals surface area contributed by atoms with E-state index in [1.54, 1.807) is 0 Å². The zero-order chi connectivity index (χ0) is 14.6. The minimum atomic E-state index is 0.126. The number of fused-ring (bicyclic) bond motifs is 1. The fraction of sp³-hybridized carbons (Fsp3) is 0.467. The fourth-order valence-corrected chi connectivity index (χ4v) is 3.37. The summed E-state index contributed by atoms with van der Waals surface area (Å²) in [5, 5.41) is 21.4. The summed E-state index contributed by atoms with van der Waals surface area (Å²) in [7, 11) is 8.01. The van der Waals surface area contributed by atoms with Crippen molar-refractivity contribution < 1.29 is 10.2 Å². The van der Waals surface area contributed by atoms with E-state index in [1.165, 1.54) is 0 Å². The lowest BCUT2D eigenvalue weighted by Gasteiger charge is -2.14. The Balaban J connectivity index is 2.30. The number of H-pyrrole nitrogens is 1. The molecule has 1 aliphatic rings. The first-order chi connectivity index (χ1) is 9.41. The average Bonchev–Trinajstić information content (AvgIpc) is 2.97. The van der Waals surface area contributed by atoms with Crippen LogP contribution in [-0.4, -0.2) is 48.1 Å². The molecule has 1 aromatic carbocycles. The number of hydrogen-bond acceptors (Lipinski definition) is 3. The van der Waals surface area contributed by atoms with Crippen LogP contribution >= 0.6 is 0 Å². The molecule has 1 saturated heterocycles. The van der Waals surface area contributed by atoms with Crippen LogP contribution in [0.15, 0.2) is 0 Å². The molecule has 5 heteroatoms. The first-order valence-corrected chi connectivity index (χ1v) is 6.92. The Labute approximate surface area is 119 Å². The van der Waals surface area contributed by atoms with Crippen LogP contribution in [-0.2, 0) is 0 Å². The van der Waals surface area contributed by atoms with Gasteiger partial charge in [0.05, 0.1) is 5.52 Å². The van der Waals surface area contributed by atoms with Crippen molar-refractivity contribution in [1.82, 2.24) is 9.88 Å². The number of phenolic OH excluding ortho intramolecular Hbond substituents is 1. The van der Waals surface area contributed by atoms with Crippen LogP contribution in [0.5, 0.6) is 11.6 Å². The lowest BCUT2D eigenvalue weighted by molar-refractivity contribution is 0.407. The number of benzene rings is 1. The molecule has 0 aliphatic carbocycles. The van der Waals surface area contributed by atoms with Gasteiger partial charge in [0, 0.05) is 23.4 Å². The summed E-state index contributed by atoms with van der Waals surface area (Å²) in [6.45, 7) is 5.65. The molecule has 3 rings (SSSR count). The molecule has 1 aliphatic heterocycles. The zero-order valence-electron chi connectivity index (χ0n) is 12.1.